The van der Waals surface area contributed by atoms with Crippen molar-refractivity contribution >= 4 is 28.9 Å². The monoisotopic (exact) mass is 405 g/mol. The highest BCUT2D eigenvalue weighted by Crippen LogP contribution is 2.26. The van der Waals surface area contributed by atoms with Crippen molar-refractivity contribution in [3.8, 4) is 11.1 Å². The van der Waals surface area contributed by atoms with Crippen LogP contribution in [0.15, 0.2) is 54.6 Å². The van der Waals surface area contributed by atoms with Gasteiger partial charge in [-0.3, -0.25) is 13.7 Å². The van der Waals surface area contributed by atoms with Crippen molar-refractivity contribution in [2.45, 2.75) is 38.1 Å². The van der Waals surface area contributed by atoms with Crippen LogP contribution in [0.1, 0.15) is 32.1 Å². The highest BCUT2D eigenvalue weighted by atomic mass is 32.2. The van der Waals surface area contributed by atoms with E-state index in [2.05, 4.69) is 0 Å². The third-order valence-electron chi connectivity index (χ3n) is 4.33. The number of hydrogen-bond donors (Lipinski definition) is 3. The lowest BCUT2D eigenvalue weighted by molar-refractivity contribution is -0.139. The zero-order valence-electron chi connectivity index (χ0n) is 15.2. The zero-order valence-corrected chi connectivity index (χ0v) is 16.0. The molecule has 7 nitrogen and oxygen atoms in total. The molecule has 8 heteroatoms. The van der Waals surface area contributed by atoms with Crippen molar-refractivity contribution in [1.82, 2.24) is 0 Å². The number of carbonyl (C=O) groups is 2. The molecule has 0 heterocycles. The molecule has 3 N–H and O–H groups in total. The molecule has 0 amide bonds. The normalized spacial score (nSPS) is 12.9. The lowest BCUT2D eigenvalue weighted by atomic mass is 10.0. The predicted octanol–water partition coefficient (Wildman–Crippen LogP) is 3.79. The Morgan fingerprint density at radius 1 is 0.893 bits per heavy atom. The summed E-state index contributed by atoms with van der Waals surface area (Å²) in [5.41, 5.74) is 2.23. The summed E-state index contributed by atoms with van der Waals surface area (Å²) in [5, 5.41) is 18.2. The van der Waals surface area contributed by atoms with Crippen LogP contribution in [0.3, 0.4) is 0 Å². The quantitative estimate of drug-likeness (QED) is 0.387. The molecule has 2 unspecified atom stereocenters. The van der Waals surface area contributed by atoms with E-state index in [0.29, 0.717) is 24.9 Å². The van der Waals surface area contributed by atoms with Gasteiger partial charge in [0.2, 0.25) is 0 Å². The lowest BCUT2D eigenvalue weighted by Gasteiger charge is -2.27. The van der Waals surface area contributed by atoms with Crippen LogP contribution in [-0.2, 0) is 20.9 Å². The van der Waals surface area contributed by atoms with Crippen LogP contribution >= 0.6 is 0 Å². The first kappa shape index (κ1) is 21.6. The molecule has 0 saturated heterocycles. The van der Waals surface area contributed by atoms with Crippen molar-refractivity contribution in [2.24, 2.45) is 0 Å². The first-order chi connectivity index (χ1) is 13.4. The van der Waals surface area contributed by atoms with Crippen LogP contribution in [-0.4, -0.2) is 37.0 Å². The van der Waals surface area contributed by atoms with Crippen LogP contribution in [0.25, 0.3) is 11.1 Å². The molecule has 0 radical (unpaired) electrons. The minimum absolute atomic E-state index is 0.0222. The molecule has 2 aromatic carbocycles. The number of unbranched alkanes of at least 4 members (excludes halogenated alkanes) is 2. The molecular formula is C20H23NO6S. The van der Waals surface area contributed by atoms with E-state index in [1.807, 2.05) is 30.3 Å². The van der Waals surface area contributed by atoms with E-state index in [4.69, 9.17) is 5.11 Å². The standard InChI is InChI=1S/C20H23NO6S/c22-19(23)10-6-2-5-9-18(20(24)25)21(28(26)27)17-13-11-16(12-14-17)15-7-3-1-4-8-15/h1,3-4,7-8,11-14,18H,2,5-6,9-10H2,(H,22,23)(H,24,25)(H,26,27). The fourth-order valence-corrected chi connectivity index (χ4v) is 3.66. The van der Waals surface area contributed by atoms with Gasteiger partial charge < -0.3 is 10.2 Å². The van der Waals surface area contributed by atoms with Gasteiger partial charge in [-0.15, -0.1) is 0 Å². The lowest BCUT2D eigenvalue weighted by Crippen LogP contribution is -2.42. The molecule has 0 aromatic heterocycles. The second-order valence-corrected chi connectivity index (χ2v) is 7.17. The minimum Gasteiger partial charge on any atom is -0.481 e. The van der Waals surface area contributed by atoms with Gasteiger partial charge in [0.15, 0.2) is 0 Å². The number of anilines is 1. The van der Waals surface area contributed by atoms with E-state index in [1.165, 1.54) is 0 Å². The van der Waals surface area contributed by atoms with Crippen LogP contribution in [0.5, 0.6) is 0 Å². The van der Waals surface area contributed by atoms with Crippen LogP contribution in [0.4, 0.5) is 5.69 Å². The van der Waals surface area contributed by atoms with Crippen molar-refractivity contribution in [2.75, 3.05) is 4.31 Å². The van der Waals surface area contributed by atoms with Crippen LogP contribution in [0.2, 0.25) is 0 Å². The Bertz CT molecular complexity index is 809. The predicted molar refractivity (Wildman–Crippen MR) is 107 cm³/mol. The van der Waals surface area contributed by atoms with Gasteiger partial charge in [0.1, 0.15) is 6.04 Å². The van der Waals surface area contributed by atoms with Crippen molar-refractivity contribution in [3.05, 3.63) is 54.6 Å². The summed E-state index contributed by atoms with van der Waals surface area (Å²) in [6.07, 6.45) is 1.58. The number of rotatable bonds is 11. The second kappa shape index (κ2) is 10.6. The van der Waals surface area contributed by atoms with E-state index < -0.39 is 29.2 Å². The highest BCUT2D eigenvalue weighted by Gasteiger charge is 2.29. The topological polar surface area (TPSA) is 115 Å². The summed E-state index contributed by atoms with van der Waals surface area (Å²) < 4.78 is 22.5. The number of carboxylic acid groups (broad SMARTS) is 2. The Hall–Kier alpha value is -2.71. The molecule has 150 valence electrons. The van der Waals surface area contributed by atoms with E-state index in [-0.39, 0.29) is 12.8 Å². The van der Waals surface area contributed by atoms with E-state index in [9.17, 15) is 23.5 Å². The van der Waals surface area contributed by atoms with Crippen molar-refractivity contribution in [1.29, 1.82) is 0 Å². The SMILES string of the molecule is O=C(O)CCCCCC(C(=O)O)N(c1ccc(-c2ccccc2)cc1)S(=O)O. The molecule has 2 aromatic rings. The van der Waals surface area contributed by atoms with Gasteiger partial charge in [-0.05, 0) is 36.1 Å². The molecular weight excluding hydrogens is 382 g/mol. The van der Waals surface area contributed by atoms with Gasteiger partial charge in [0, 0.05) is 6.42 Å². The van der Waals surface area contributed by atoms with Crippen LogP contribution in [0, 0.1) is 0 Å². The minimum atomic E-state index is -2.51. The van der Waals surface area contributed by atoms with Crippen molar-refractivity contribution < 1.29 is 28.6 Å². The summed E-state index contributed by atoms with van der Waals surface area (Å²) in [6, 6.07) is 15.2. The molecule has 0 aliphatic carbocycles. The molecule has 2 atom stereocenters. The zero-order chi connectivity index (χ0) is 20.5. The van der Waals surface area contributed by atoms with E-state index in [0.717, 1.165) is 15.4 Å². The molecule has 0 aliphatic heterocycles. The van der Waals surface area contributed by atoms with E-state index >= 15 is 0 Å². The number of nitrogens with zero attached hydrogens (tertiary/aromatic N) is 1. The Morgan fingerprint density at radius 2 is 1.50 bits per heavy atom. The maximum absolute atomic E-state index is 11.9. The summed E-state index contributed by atoms with van der Waals surface area (Å²) in [7, 11) is 0. The van der Waals surface area contributed by atoms with Gasteiger partial charge in [-0.1, -0.05) is 55.3 Å². The summed E-state index contributed by atoms with van der Waals surface area (Å²) >= 11 is -2.51. The summed E-state index contributed by atoms with van der Waals surface area (Å²) in [5.74, 6) is -2.10. The van der Waals surface area contributed by atoms with Gasteiger partial charge in [-0.25, -0.2) is 9.00 Å². The molecule has 0 spiro atoms. The molecule has 0 fully saturated rings. The molecule has 28 heavy (non-hydrogen) atoms. The number of hydrogen-bond acceptors (Lipinski definition) is 3. The third kappa shape index (κ3) is 6.17. The molecule has 0 aliphatic rings. The Balaban J connectivity index is 2.13. The van der Waals surface area contributed by atoms with Gasteiger partial charge >= 0.3 is 11.9 Å². The van der Waals surface area contributed by atoms with Gasteiger partial charge in [-0.2, -0.15) is 0 Å². The van der Waals surface area contributed by atoms with Crippen molar-refractivity contribution in [3.63, 3.8) is 0 Å². The maximum Gasteiger partial charge on any atom is 0.327 e. The Kier molecular flexibility index (Phi) is 8.16. The fourth-order valence-electron chi connectivity index (χ4n) is 2.94. The number of carboxylic acids is 2. The summed E-state index contributed by atoms with van der Waals surface area (Å²) in [4.78, 5) is 22.2. The maximum atomic E-state index is 11.9. The first-order valence-electron chi connectivity index (χ1n) is 8.90. The van der Waals surface area contributed by atoms with Crippen LogP contribution < -0.4 is 4.31 Å². The molecule has 0 bridgehead atoms. The average molecular weight is 405 g/mol. The van der Waals surface area contributed by atoms with Gasteiger partial charge in [0.25, 0.3) is 11.3 Å². The van der Waals surface area contributed by atoms with Gasteiger partial charge in [0.05, 0.1) is 5.69 Å². The first-order valence-corrected chi connectivity index (χ1v) is 9.97. The largest absolute Gasteiger partial charge is 0.481 e. The van der Waals surface area contributed by atoms with E-state index in [1.54, 1.807) is 24.3 Å². The Labute approximate surface area is 166 Å². The third-order valence-corrected chi connectivity index (χ3v) is 5.14. The number of aliphatic carboxylic acids is 2. The Morgan fingerprint density at radius 3 is 2.04 bits per heavy atom. The highest BCUT2D eigenvalue weighted by molar-refractivity contribution is 7.80. The number of benzene rings is 2. The molecule has 2 rings (SSSR count). The average Bonchev–Trinajstić information content (AvgIpc) is 2.67. The summed E-state index contributed by atoms with van der Waals surface area (Å²) in [6.45, 7) is 0. The fraction of sp³-hybridized carbons (Fsp3) is 0.300. The smallest absolute Gasteiger partial charge is 0.327 e. The second-order valence-electron chi connectivity index (χ2n) is 6.32. The molecule has 0 saturated carbocycles.